The number of carbonyl (C=O) groups excluding carboxylic acids is 2. The fourth-order valence-corrected chi connectivity index (χ4v) is 6.91. The van der Waals surface area contributed by atoms with Gasteiger partial charge in [-0.05, 0) is 94.5 Å². The van der Waals surface area contributed by atoms with Gasteiger partial charge < -0.3 is 39.0 Å². The van der Waals surface area contributed by atoms with Gasteiger partial charge in [0, 0.05) is 71.3 Å². The Morgan fingerprint density at radius 1 is 0.717 bits per heavy atom. The number of carboxylic acid groups (broad SMARTS) is 1. The van der Waals surface area contributed by atoms with Gasteiger partial charge in [-0.15, -0.1) is 4.58 Å². The summed E-state index contributed by atoms with van der Waals surface area (Å²) in [6, 6.07) is 1.38. The molecule has 0 aliphatic carbocycles. The zero-order chi connectivity index (χ0) is 44.2. The third kappa shape index (κ3) is 30.6. The Balaban J connectivity index is -0.000000199. The summed E-state index contributed by atoms with van der Waals surface area (Å²) in [6.45, 7) is 17.7. The number of Topliss-reactive ketones (excluding diaryl/α,β-unsaturated/α-hetero) is 1. The molecule has 3 aromatic heterocycles. The molecule has 0 radical (unpaired) electrons. The van der Waals surface area contributed by atoms with Gasteiger partial charge in [0.1, 0.15) is 33.8 Å². The topological polar surface area (TPSA) is 157 Å². The van der Waals surface area contributed by atoms with Crippen LogP contribution in [0.4, 0.5) is 0 Å². The van der Waals surface area contributed by atoms with E-state index in [4.69, 9.17) is 96.0 Å². The Morgan fingerprint density at radius 2 is 1.03 bits per heavy atom. The van der Waals surface area contributed by atoms with Crippen LogP contribution >= 0.6 is 116 Å². The standard InChI is InChI=1S/C8H19N.C6H6Cl2N2O2S.C5H3Cl2NOS.C4HCl2NO2S.2C4H8O.C2H6ClNO.CH3.BrH.Mg/c1-6-9(7(2)3)8(4)5;1-10(12-2)6(11)4-3(7)5(8)13-9-4;1-2(9)4-3(6)5(7)10-8-4;5-1-2(4(8)9)7-10-3(1)6;2*1-2-4-5-3-1;1-4(3)5-2;;;/h7-8H,6H2,1-5H3;1-2H3;1H3;(H,8,9);2*1-4H2;1-2H3;1H3;1H;/q;;;;;;;-1;;+2/p-1. The SMILES string of the molecule is C1CCOC1.C1CCOC1.CC(=O)c1nsc(Cl)c1Cl.CCN(C(C)C)C(C)C.CON(C)C(=O)c1nsc(Cl)c1Cl.CON(C)Cl.O=C(O)c1nsc(Cl)c1Cl.[Br-].[CH3-].[Mg+2]. The van der Waals surface area contributed by atoms with Crippen LogP contribution in [0.1, 0.15) is 98.7 Å². The van der Waals surface area contributed by atoms with E-state index in [0.717, 1.165) is 77.2 Å². The molecule has 2 saturated heterocycles. The first-order valence-corrected chi connectivity index (χ1v) is 21.9. The second-order valence-corrected chi connectivity index (χ2v) is 17.2. The summed E-state index contributed by atoms with van der Waals surface area (Å²) in [4.78, 5) is 43.8. The first-order chi connectivity index (χ1) is 26.7. The van der Waals surface area contributed by atoms with Gasteiger partial charge in [-0.25, -0.2) is 9.86 Å². The Bertz CT molecular complexity index is 1490. The van der Waals surface area contributed by atoms with Crippen molar-refractivity contribution in [1.29, 1.82) is 0 Å². The summed E-state index contributed by atoms with van der Waals surface area (Å²) in [6.07, 6.45) is 5.11. The molecule has 1 amide bonds. The maximum Gasteiger partial charge on any atom is 2.00 e. The first-order valence-electron chi connectivity index (χ1n) is 17.0. The summed E-state index contributed by atoms with van der Waals surface area (Å²) >= 11 is 41.3. The van der Waals surface area contributed by atoms with E-state index < -0.39 is 11.9 Å². The average Bonchev–Trinajstić information content (AvgIpc) is 4.03. The number of rotatable bonds is 8. The van der Waals surface area contributed by atoms with Crippen molar-refractivity contribution in [2.24, 2.45) is 0 Å². The molecule has 0 unspecified atom stereocenters. The van der Waals surface area contributed by atoms with Crippen LogP contribution in [0.25, 0.3) is 0 Å². The van der Waals surface area contributed by atoms with Crippen LogP contribution < -0.4 is 17.0 Å². The number of aromatic carboxylic acids is 1. The van der Waals surface area contributed by atoms with Crippen LogP contribution in [0.2, 0.25) is 28.1 Å². The fraction of sp³-hybridized carbons (Fsp3) is 0.618. The molecule has 0 spiro atoms. The van der Waals surface area contributed by atoms with E-state index in [2.05, 4.69) is 62.3 Å². The minimum Gasteiger partial charge on any atom is -1.00 e. The van der Waals surface area contributed by atoms with Crippen molar-refractivity contribution in [3.8, 4) is 0 Å². The number of carboxylic acids is 1. The molecule has 0 aromatic carbocycles. The Kier molecular flexibility index (Phi) is 47.5. The molecule has 0 bridgehead atoms. The zero-order valence-corrected chi connectivity index (χ0v) is 46.2. The molecule has 2 aliphatic rings. The average molecular weight is 1120 g/mol. The van der Waals surface area contributed by atoms with Crippen molar-refractivity contribution in [2.45, 2.75) is 79.3 Å². The molecule has 2 fully saturated rings. The van der Waals surface area contributed by atoms with Crippen molar-refractivity contribution in [3.63, 3.8) is 0 Å². The molecular formula is C34H54BrCl7MgN6O8S3. The molecule has 14 nitrogen and oxygen atoms in total. The van der Waals surface area contributed by atoms with E-state index in [-0.39, 0.29) is 89.7 Å². The van der Waals surface area contributed by atoms with E-state index in [1.54, 1.807) is 7.05 Å². The van der Waals surface area contributed by atoms with Gasteiger partial charge in [0.05, 0.1) is 14.2 Å². The number of ether oxygens (including phenoxy) is 2. The van der Waals surface area contributed by atoms with E-state index >= 15 is 0 Å². The molecular weight excluding hydrogens is 1070 g/mol. The maximum atomic E-state index is 11.4. The summed E-state index contributed by atoms with van der Waals surface area (Å²) < 4.78 is 22.9. The van der Waals surface area contributed by atoms with Crippen molar-refractivity contribution in [1.82, 2.24) is 27.7 Å². The van der Waals surface area contributed by atoms with Crippen LogP contribution in [0, 0.1) is 7.43 Å². The largest absolute Gasteiger partial charge is 2.00 e. The number of amides is 1. The quantitative estimate of drug-likeness (QED) is 0.0757. The van der Waals surface area contributed by atoms with Crippen molar-refractivity contribution < 1.29 is 55.6 Å². The van der Waals surface area contributed by atoms with E-state index in [9.17, 15) is 14.4 Å². The molecule has 2 aliphatic heterocycles. The predicted molar refractivity (Wildman–Crippen MR) is 248 cm³/mol. The van der Waals surface area contributed by atoms with Crippen LogP contribution in [0.15, 0.2) is 0 Å². The molecule has 1 N–H and O–H groups in total. The van der Waals surface area contributed by atoms with Crippen LogP contribution in [-0.2, 0) is 19.1 Å². The Labute approximate surface area is 429 Å². The maximum absolute atomic E-state index is 11.4. The summed E-state index contributed by atoms with van der Waals surface area (Å²) in [5.74, 6) is -1.74. The smallest absolute Gasteiger partial charge is 1.00 e. The number of nitrogens with zero attached hydrogens (tertiary/aromatic N) is 6. The molecule has 0 saturated carbocycles. The second-order valence-electron chi connectivity index (χ2n) is 11.5. The first kappa shape index (κ1) is 69.6. The number of hydrogen-bond donors (Lipinski definition) is 1. The number of ketones is 1. The minimum atomic E-state index is -1.16. The van der Waals surface area contributed by atoms with Gasteiger partial charge in [-0.2, -0.15) is 13.1 Å². The number of carbonyl (C=O) groups is 3. The number of hydroxylamine groups is 3. The van der Waals surface area contributed by atoms with E-state index in [0.29, 0.717) is 20.8 Å². The van der Waals surface area contributed by atoms with Crippen molar-refractivity contribution >= 4 is 157 Å². The molecule has 60 heavy (non-hydrogen) atoms. The van der Waals surface area contributed by atoms with Crippen molar-refractivity contribution in [2.75, 3.05) is 61.3 Å². The number of hydrogen-bond acceptors (Lipinski definition) is 15. The second kappa shape index (κ2) is 41.0. The molecule has 3 aromatic rings. The molecule has 5 heterocycles. The molecule has 5 rings (SSSR count). The van der Waals surface area contributed by atoms with Gasteiger partial charge >= 0.3 is 29.0 Å². The van der Waals surface area contributed by atoms with Crippen molar-refractivity contribution in [3.05, 3.63) is 52.6 Å². The van der Waals surface area contributed by atoms with Gasteiger partial charge in [-0.1, -0.05) is 76.5 Å². The summed E-state index contributed by atoms with van der Waals surface area (Å²) in [5.41, 5.74) is 0.189. The monoisotopic (exact) mass is 1120 g/mol. The molecule has 26 heteroatoms. The Morgan fingerprint density at radius 3 is 1.17 bits per heavy atom. The Hall–Kier alpha value is 0.536. The normalized spacial score (nSPS) is 12.1. The minimum absolute atomic E-state index is 0. The molecule has 344 valence electrons. The summed E-state index contributed by atoms with van der Waals surface area (Å²) in [5, 5.41) is 9.85. The fourth-order valence-electron chi connectivity index (χ4n) is 3.84. The van der Waals surface area contributed by atoms with Gasteiger partial charge in [0.15, 0.2) is 17.2 Å². The van der Waals surface area contributed by atoms with Crippen LogP contribution in [0.3, 0.4) is 0 Å². The number of halogens is 8. The van der Waals surface area contributed by atoms with E-state index in [1.807, 2.05) is 0 Å². The molecule has 0 atom stereocenters. The number of aromatic nitrogens is 3. The summed E-state index contributed by atoms with van der Waals surface area (Å²) in [7, 11) is 5.93. The van der Waals surface area contributed by atoms with Gasteiger partial charge in [0.25, 0.3) is 5.91 Å². The van der Waals surface area contributed by atoms with Crippen LogP contribution in [0.5, 0.6) is 0 Å². The third-order valence-corrected chi connectivity index (χ3v) is 11.7. The predicted octanol–water partition coefficient (Wildman–Crippen LogP) is 8.31. The third-order valence-electron chi connectivity index (χ3n) is 6.69. The van der Waals surface area contributed by atoms with Crippen LogP contribution in [-0.4, -0.2) is 147 Å². The zero-order valence-electron chi connectivity index (χ0n) is 35.5. The van der Waals surface area contributed by atoms with E-state index in [1.165, 1.54) is 53.9 Å². The van der Waals surface area contributed by atoms with Gasteiger partial charge in [0.2, 0.25) is 0 Å². The van der Waals surface area contributed by atoms with Gasteiger partial charge in [-0.3, -0.25) is 24.2 Å².